The zero-order valence-electron chi connectivity index (χ0n) is 17.4. The van der Waals surface area contributed by atoms with Crippen molar-refractivity contribution in [1.29, 1.82) is 0 Å². The van der Waals surface area contributed by atoms with Crippen LogP contribution in [0.15, 0.2) is 109 Å². The third kappa shape index (κ3) is 3.97. The van der Waals surface area contributed by atoms with E-state index in [-0.39, 0.29) is 0 Å². The zero-order valence-corrected chi connectivity index (χ0v) is 18.3. The molecule has 0 N–H and O–H groups in total. The van der Waals surface area contributed by atoms with E-state index in [4.69, 9.17) is 9.47 Å². The molecule has 0 amide bonds. The highest BCUT2D eigenvalue weighted by Crippen LogP contribution is 2.58. The van der Waals surface area contributed by atoms with Crippen molar-refractivity contribution in [1.82, 2.24) is 0 Å². The SMILES string of the molecule is COc1cccc([P+](Cc2ccccc2)(c2ccccc2)c2cccc(OC)c2)c1. The summed E-state index contributed by atoms with van der Waals surface area (Å²) in [7, 11) is 1.44. The average Bonchev–Trinajstić information content (AvgIpc) is 2.84. The third-order valence-corrected chi connectivity index (χ3v) is 9.79. The molecule has 0 unspecified atom stereocenters. The van der Waals surface area contributed by atoms with Crippen LogP contribution in [0.1, 0.15) is 5.56 Å². The highest BCUT2D eigenvalue weighted by Gasteiger charge is 2.46. The van der Waals surface area contributed by atoms with Gasteiger partial charge in [0.2, 0.25) is 0 Å². The molecule has 4 aromatic carbocycles. The quantitative estimate of drug-likeness (QED) is 0.388. The van der Waals surface area contributed by atoms with Gasteiger partial charge in [0.1, 0.15) is 34.7 Å². The number of hydrogen-bond donors (Lipinski definition) is 0. The first-order valence-corrected chi connectivity index (χ1v) is 12.0. The molecule has 0 saturated heterocycles. The minimum Gasteiger partial charge on any atom is -0.497 e. The van der Waals surface area contributed by atoms with Crippen molar-refractivity contribution in [3.05, 3.63) is 115 Å². The molecule has 3 heteroatoms. The summed E-state index contributed by atoms with van der Waals surface area (Å²) >= 11 is 0. The molecule has 4 aromatic rings. The first kappa shape index (κ1) is 20.2. The van der Waals surface area contributed by atoms with Crippen molar-refractivity contribution in [3.63, 3.8) is 0 Å². The highest BCUT2D eigenvalue weighted by molar-refractivity contribution is 7.95. The average molecular weight is 413 g/mol. The first-order valence-electron chi connectivity index (χ1n) is 10.0. The second-order valence-electron chi connectivity index (χ2n) is 7.19. The van der Waals surface area contributed by atoms with E-state index >= 15 is 0 Å². The van der Waals surface area contributed by atoms with Gasteiger partial charge in [-0.25, -0.2) is 0 Å². The standard InChI is InChI=1S/C27H26O2P/c1-28-23-13-9-17-26(19-23)30(25-15-7-4-8-16-25,21-22-11-5-3-6-12-22)27-18-10-14-24(20-27)29-2/h3-20H,21H2,1-2H3/q+1. The van der Waals surface area contributed by atoms with Crippen molar-refractivity contribution in [2.75, 3.05) is 14.2 Å². The lowest BCUT2D eigenvalue weighted by atomic mass is 10.2. The molecular weight excluding hydrogens is 387 g/mol. The van der Waals surface area contributed by atoms with Gasteiger partial charge >= 0.3 is 0 Å². The molecule has 0 spiro atoms. The molecule has 0 aliphatic heterocycles. The topological polar surface area (TPSA) is 18.5 Å². The minimum absolute atomic E-state index is 0.878. The summed E-state index contributed by atoms with van der Waals surface area (Å²) in [6, 6.07) is 38.7. The summed E-state index contributed by atoms with van der Waals surface area (Å²) in [5.41, 5.74) is 1.32. The van der Waals surface area contributed by atoms with Crippen LogP contribution in [0.3, 0.4) is 0 Å². The third-order valence-electron chi connectivity index (χ3n) is 5.45. The molecule has 0 aliphatic carbocycles. The van der Waals surface area contributed by atoms with Gasteiger partial charge in [0.25, 0.3) is 0 Å². The van der Waals surface area contributed by atoms with E-state index in [2.05, 4.69) is 97.1 Å². The zero-order chi connectivity index (χ0) is 20.8. The van der Waals surface area contributed by atoms with E-state index in [0.29, 0.717) is 0 Å². The van der Waals surface area contributed by atoms with Gasteiger partial charge in [-0.05, 0) is 42.0 Å². The first-order chi connectivity index (χ1) is 14.8. The van der Waals surface area contributed by atoms with Crippen LogP contribution in [0.25, 0.3) is 0 Å². The smallest absolute Gasteiger partial charge is 0.122 e. The van der Waals surface area contributed by atoms with E-state index in [1.807, 2.05) is 12.1 Å². The van der Waals surface area contributed by atoms with Gasteiger partial charge in [0.15, 0.2) is 0 Å². The fraction of sp³-hybridized carbons (Fsp3) is 0.111. The Labute approximate surface area is 179 Å². The van der Waals surface area contributed by atoms with Gasteiger partial charge in [-0.15, -0.1) is 0 Å². The summed E-state index contributed by atoms with van der Waals surface area (Å²) in [4.78, 5) is 0. The van der Waals surface area contributed by atoms with Crippen LogP contribution in [0.5, 0.6) is 11.5 Å². The van der Waals surface area contributed by atoms with E-state index in [9.17, 15) is 0 Å². The van der Waals surface area contributed by atoms with Gasteiger partial charge in [-0.3, -0.25) is 0 Å². The van der Waals surface area contributed by atoms with Crippen molar-refractivity contribution in [2.24, 2.45) is 0 Å². The number of rotatable bonds is 7. The summed E-state index contributed by atoms with van der Waals surface area (Å²) in [6.45, 7) is 0. The van der Waals surface area contributed by atoms with Gasteiger partial charge in [0, 0.05) is 12.1 Å². The second-order valence-corrected chi connectivity index (χ2v) is 10.7. The molecule has 150 valence electrons. The Hall–Kier alpha value is -3.09. The van der Waals surface area contributed by atoms with Crippen molar-refractivity contribution < 1.29 is 9.47 Å². The Kier molecular flexibility index (Phi) is 6.16. The van der Waals surface area contributed by atoms with Crippen LogP contribution in [0, 0.1) is 0 Å². The molecule has 0 atom stereocenters. The maximum Gasteiger partial charge on any atom is 0.122 e. The molecule has 0 aromatic heterocycles. The second kappa shape index (κ2) is 9.15. The van der Waals surface area contributed by atoms with E-state index < -0.39 is 7.26 Å². The Bertz CT molecular complexity index is 1050. The van der Waals surface area contributed by atoms with Gasteiger partial charge < -0.3 is 9.47 Å². The maximum absolute atomic E-state index is 5.61. The predicted molar refractivity (Wildman–Crippen MR) is 128 cm³/mol. The Morgan fingerprint density at radius 2 is 1.00 bits per heavy atom. The van der Waals surface area contributed by atoms with Gasteiger partial charge in [-0.1, -0.05) is 60.7 Å². The van der Waals surface area contributed by atoms with Crippen LogP contribution in [0.4, 0.5) is 0 Å². The van der Waals surface area contributed by atoms with Crippen LogP contribution in [-0.2, 0) is 6.16 Å². The molecule has 0 bridgehead atoms. The number of benzene rings is 4. The normalized spacial score (nSPS) is 11.1. The van der Waals surface area contributed by atoms with E-state index in [0.717, 1.165) is 17.7 Å². The van der Waals surface area contributed by atoms with Crippen LogP contribution < -0.4 is 25.4 Å². The van der Waals surface area contributed by atoms with Crippen molar-refractivity contribution in [2.45, 2.75) is 6.16 Å². The van der Waals surface area contributed by atoms with Crippen LogP contribution >= 0.6 is 7.26 Å². The van der Waals surface area contributed by atoms with Crippen LogP contribution in [-0.4, -0.2) is 14.2 Å². The lowest BCUT2D eigenvalue weighted by molar-refractivity contribution is 0.415. The Morgan fingerprint density at radius 1 is 0.533 bits per heavy atom. The van der Waals surface area contributed by atoms with Gasteiger partial charge in [-0.2, -0.15) is 0 Å². The van der Waals surface area contributed by atoms with Crippen LogP contribution in [0.2, 0.25) is 0 Å². The summed E-state index contributed by atoms with van der Waals surface area (Å²) in [6.07, 6.45) is 0.929. The van der Waals surface area contributed by atoms with E-state index in [1.54, 1.807) is 14.2 Å². The minimum atomic E-state index is -2.02. The van der Waals surface area contributed by atoms with Gasteiger partial charge in [0.05, 0.1) is 20.4 Å². The lowest BCUT2D eigenvalue weighted by Gasteiger charge is -2.28. The number of ether oxygens (including phenoxy) is 2. The molecule has 30 heavy (non-hydrogen) atoms. The molecule has 0 fully saturated rings. The molecule has 2 nitrogen and oxygen atoms in total. The Morgan fingerprint density at radius 3 is 1.50 bits per heavy atom. The fourth-order valence-corrected chi connectivity index (χ4v) is 8.21. The Balaban J connectivity index is 2.04. The molecule has 0 radical (unpaired) electrons. The van der Waals surface area contributed by atoms with E-state index in [1.165, 1.54) is 21.5 Å². The molecule has 0 aliphatic rings. The number of methoxy groups -OCH3 is 2. The fourth-order valence-electron chi connectivity index (χ4n) is 3.96. The highest BCUT2D eigenvalue weighted by atomic mass is 31.2. The molecule has 4 rings (SSSR count). The molecule has 0 saturated carbocycles. The number of hydrogen-bond acceptors (Lipinski definition) is 2. The molecule has 0 heterocycles. The monoisotopic (exact) mass is 413 g/mol. The summed E-state index contributed by atoms with van der Waals surface area (Å²) < 4.78 is 11.2. The maximum atomic E-state index is 5.61. The molecular formula is C27H26O2P+. The van der Waals surface area contributed by atoms with Crippen molar-refractivity contribution in [3.8, 4) is 11.5 Å². The lowest BCUT2D eigenvalue weighted by Crippen LogP contribution is -2.32. The summed E-state index contributed by atoms with van der Waals surface area (Å²) in [5, 5.41) is 3.94. The summed E-state index contributed by atoms with van der Waals surface area (Å²) in [5.74, 6) is 1.76. The van der Waals surface area contributed by atoms with Crippen molar-refractivity contribution >= 4 is 23.2 Å². The largest absolute Gasteiger partial charge is 0.497 e. The predicted octanol–water partition coefficient (Wildman–Crippen LogP) is 5.20.